The number of benzene rings is 2. The molecule has 2 aliphatic rings. The van der Waals surface area contributed by atoms with Crippen molar-refractivity contribution in [1.82, 2.24) is 4.90 Å². The number of nitrogens with one attached hydrogen (secondary N) is 2. The number of urea groups is 1. The van der Waals surface area contributed by atoms with E-state index in [1.807, 2.05) is 0 Å². The van der Waals surface area contributed by atoms with E-state index in [-0.39, 0.29) is 24.5 Å². The highest BCUT2D eigenvalue weighted by atomic mass is 16.7. The van der Waals surface area contributed by atoms with Gasteiger partial charge in [-0.15, -0.1) is 0 Å². The number of ketones is 1. The number of Topliss-reactive ketones (excluding diaryl/α,β-unsaturated/α-hetero) is 1. The second-order valence-electron chi connectivity index (χ2n) is 6.98. The lowest BCUT2D eigenvalue weighted by atomic mass is 10.1. The Morgan fingerprint density at radius 3 is 2.62 bits per heavy atom. The summed E-state index contributed by atoms with van der Waals surface area (Å²) in [6.45, 7) is 2.11. The van der Waals surface area contributed by atoms with Crippen LogP contribution in [0, 0.1) is 0 Å². The van der Waals surface area contributed by atoms with E-state index in [1.165, 1.54) is 11.8 Å². The zero-order chi connectivity index (χ0) is 20.4. The molecule has 2 heterocycles. The molecule has 2 N–H and O–H groups in total. The normalized spacial score (nSPS) is 17.1. The summed E-state index contributed by atoms with van der Waals surface area (Å²) < 4.78 is 10.6. The quantitative estimate of drug-likeness (QED) is 0.775. The van der Waals surface area contributed by atoms with Gasteiger partial charge in [-0.05, 0) is 44.0 Å². The summed E-state index contributed by atoms with van der Waals surface area (Å²) in [5.41, 5.74) is 1.62. The zero-order valence-electron chi connectivity index (χ0n) is 15.9. The van der Waals surface area contributed by atoms with Gasteiger partial charge in [0.15, 0.2) is 17.3 Å². The number of carbonyl (C=O) groups excluding carboxylic acids is 3. The highest BCUT2D eigenvalue weighted by molar-refractivity contribution is 6.00. The Hall–Kier alpha value is -3.55. The Balaban J connectivity index is 1.42. The topological polar surface area (TPSA) is 97.0 Å². The van der Waals surface area contributed by atoms with Crippen LogP contribution in [0.5, 0.6) is 11.5 Å². The van der Waals surface area contributed by atoms with Gasteiger partial charge in [-0.25, -0.2) is 4.79 Å². The Morgan fingerprint density at radius 1 is 1.00 bits per heavy atom. The van der Waals surface area contributed by atoms with Crippen molar-refractivity contribution in [3.63, 3.8) is 0 Å². The van der Waals surface area contributed by atoms with Crippen LogP contribution in [0.2, 0.25) is 0 Å². The Labute approximate surface area is 167 Å². The lowest BCUT2D eigenvalue weighted by Gasteiger charge is -2.24. The van der Waals surface area contributed by atoms with Crippen molar-refractivity contribution in [1.29, 1.82) is 0 Å². The molecule has 1 atom stereocenters. The van der Waals surface area contributed by atoms with Gasteiger partial charge in [-0.2, -0.15) is 0 Å². The van der Waals surface area contributed by atoms with Crippen molar-refractivity contribution in [2.75, 3.05) is 24.0 Å². The maximum absolute atomic E-state index is 12.8. The minimum Gasteiger partial charge on any atom is -0.454 e. The van der Waals surface area contributed by atoms with Gasteiger partial charge < -0.3 is 25.0 Å². The predicted molar refractivity (Wildman–Crippen MR) is 106 cm³/mol. The lowest BCUT2D eigenvalue weighted by molar-refractivity contribution is -0.119. The van der Waals surface area contributed by atoms with E-state index in [0.29, 0.717) is 41.4 Å². The number of anilines is 2. The standard InChI is InChI=1S/C21H21N3O5/c1-13(25)14-4-2-5-15(10-14)23-21(27)24-9-3-6-17(24)20(26)22-16-7-8-18-19(11-16)29-12-28-18/h2,4-5,7-8,10-11,17H,3,6,9,12H2,1H3,(H,22,26)(H,23,27)/t17-/m1/s1. The van der Waals surface area contributed by atoms with Crippen LogP contribution in [-0.4, -0.2) is 42.0 Å². The molecular formula is C21H21N3O5. The number of nitrogens with zero attached hydrogens (tertiary/aromatic N) is 1. The molecule has 8 heteroatoms. The number of likely N-dealkylation sites (tertiary alicyclic amines) is 1. The molecule has 150 valence electrons. The van der Waals surface area contributed by atoms with Gasteiger partial charge in [0.1, 0.15) is 6.04 Å². The average Bonchev–Trinajstić information content (AvgIpc) is 3.37. The van der Waals surface area contributed by atoms with Gasteiger partial charge in [0.05, 0.1) is 0 Å². The first-order chi connectivity index (χ1) is 14.0. The fraction of sp³-hybridized carbons (Fsp3) is 0.286. The second-order valence-corrected chi connectivity index (χ2v) is 6.98. The molecule has 0 unspecified atom stereocenters. The fourth-order valence-electron chi connectivity index (χ4n) is 3.49. The highest BCUT2D eigenvalue weighted by Crippen LogP contribution is 2.34. The Morgan fingerprint density at radius 2 is 1.79 bits per heavy atom. The molecule has 0 spiro atoms. The smallest absolute Gasteiger partial charge is 0.322 e. The number of ether oxygens (including phenoxy) is 2. The summed E-state index contributed by atoms with van der Waals surface area (Å²) in [4.78, 5) is 38.6. The third kappa shape index (κ3) is 4.01. The number of carbonyl (C=O) groups is 3. The molecule has 29 heavy (non-hydrogen) atoms. The van der Waals surface area contributed by atoms with E-state index in [2.05, 4.69) is 10.6 Å². The van der Waals surface area contributed by atoms with E-state index in [0.717, 1.165) is 6.42 Å². The molecule has 2 aliphatic heterocycles. The Bertz CT molecular complexity index is 975. The molecular weight excluding hydrogens is 374 g/mol. The number of hydrogen-bond acceptors (Lipinski definition) is 5. The second kappa shape index (κ2) is 7.83. The highest BCUT2D eigenvalue weighted by Gasteiger charge is 2.34. The summed E-state index contributed by atoms with van der Waals surface area (Å²) in [5.74, 6) is 0.879. The van der Waals surface area contributed by atoms with E-state index in [9.17, 15) is 14.4 Å². The molecule has 0 radical (unpaired) electrons. The molecule has 3 amide bonds. The van der Waals surface area contributed by atoms with E-state index < -0.39 is 6.04 Å². The molecule has 0 saturated carbocycles. The average molecular weight is 395 g/mol. The molecule has 0 bridgehead atoms. The van der Waals surface area contributed by atoms with E-state index in [4.69, 9.17) is 9.47 Å². The maximum atomic E-state index is 12.8. The summed E-state index contributed by atoms with van der Waals surface area (Å²) in [7, 11) is 0. The summed E-state index contributed by atoms with van der Waals surface area (Å²) in [5, 5.41) is 5.63. The molecule has 0 aliphatic carbocycles. The van der Waals surface area contributed by atoms with Crippen molar-refractivity contribution in [3.05, 3.63) is 48.0 Å². The van der Waals surface area contributed by atoms with Crippen LogP contribution in [0.4, 0.5) is 16.2 Å². The van der Waals surface area contributed by atoms with Gasteiger partial charge in [0.2, 0.25) is 12.7 Å². The molecule has 4 rings (SSSR count). The van der Waals surface area contributed by atoms with Crippen LogP contribution in [0.25, 0.3) is 0 Å². The first-order valence-corrected chi connectivity index (χ1v) is 9.40. The minimum atomic E-state index is -0.573. The van der Waals surface area contributed by atoms with Crippen LogP contribution >= 0.6 is 0 Å². The summed E-state index contributed by atoms with van der Waals surface area (Å²) in [6, 6.07) is 11.0. The number of hydrogen-bond donors (Lipinski definition) is 2. The minimum absolute atomic E-state index is 0.0803. The van der Waals surface area contributed by atoms with Crippen LogP contribution in [0.3, 0.4) is 0 Å². The third-order valence-electron chi connectivity index (χ3n) is 4.98. The zero-order valence-corrected chi connectivity index (χ0v) is 15.9. The number of fused-ring (bicyclic) bond motifs is 1. The lowest BCUT2D eigenvalue weighted by Crippen LogP contribution is -2.45. The fourth-order valence-corrected chi connectivity index (χ4v) is 3.49. The first kappa shape index (κ1) is 18.8. The van der Waals surface area contributed by atoms with Gasteiger partial charge in [-0.1, -0.05) is 12.1 Å². The van der Waals surface area contributed by atoms with Gasteiger partial charge in [0.25, 0.3) is 0 Å². The Kier molecular flexibility index (Phi) is 5.07. The predicted octanol–water partition coefficient (Wildman–Crippen LogP) is 3.25. The third-order valence-corrected chi connectivity index (χ3v) is 4.98. The van der Waals surface area contributed by atoms with Gasteiger partial charge in [-0.3, -0.25) is 9.59 Å². The van der Waals surface area contributed by atoms with E-state index in [1.54, 1.807) is 42.5 Å². The largest absolute Gasteiger partial charge is 0.454 e. The van der Waals surface area contributed by atoms with Crippen LogP contribution in [0.15, 0.2) is 42.5 Å². The number of rotatable bonds is 4. The molecule has 8 nitrogen and oxygen atoms in total. The van der Waals surface area contributed by atoms with Gasteiger partial charge in [0, 0.05) is 29.5 Å². The van der Waals surface area contributed by atoms with Crippen molar-refractivity contribution in [2.24, 2.45) is 0 Å². The van der Waals surface area contributed by atoms with Crippen molar-refractivity contribution >= 4 is 29.1 Å². The molecule has 1 saturated heterocycles. The van der Waals surface area contributed by atoms with E-state index >= 15 is 0 Å². The molecule has 0 aromatic heterocycles. The van der Waals surface area contributed by atoms with Crippen LogP contribution < -0.4 is 20.1 Å². The van der Waals surface area contributed by atoms with Crippen LogP contribution in [-0.2, 0) is 4.79 Å². The van der Waals surface area contributed by atoms with Gasteiger partial charge >= 0.3 is 6.03 Å². The monoisotopic (exact) mass is 395 g/mol. The van der Waals surface area contributed by atoms with Crippen molar-refractivity contribution in [2.45, 2.75) is 25.8 Å². The SMILES string of the molecule is CC(=O)c1cccc(NC(=O)N2CCC[C@@H]2C(=O)Nc2ccc3c(c2)OCO3)c1. The summed E-state index contributed by atoms with van der Waals surface area (Å²) >= 11 is 0. The maximum Gasteiger partial charge on any atom is 0.322 e. The van der Waals surface area contributed by atoms with Crippen molar-refractivity contribution in [3.8, 4) is 11.5 Å². The number of amides is 3. The van der Waals surface area contributed by atoms with Crippen LogP contribution in [0.1, 0.15) is 30.1 Å². The molecule has 1 fully saturated rings. The molecule has 2 aromatic carbocycles. The van der Waals surface area contributed by atoms with Crippen molar-refractivity contribution < 1.29 is 23.9 Å². The summed E-state index contributed by atoms with van der Waals surface area (Å²) in [6.07, 6.45) is 1.32. The first-order valence-electron chi connectivity index (χ1n) is 9.40. The molecule has 2 aromatic rings.